The van der Waals surface area contributed by atoms with E-state index in [1.807, 2.05) is 0 Å². The Bertz CT molecular complexity index is 1050. The standard InChI is InChI=1S/C16H10ClF3N4O2/c17-11-6-3-5-10(16(18,19)20)14(11)21-13(25)8-24-15(26)9-4-1-2-7-12(9)22-23-24/h1-7H,8H2,(H,21,25). The van der Waals surface area contributed by atoms with Crippen molar-refractivity contribution in [3.05, 3.63) is 63.4 Å². The Labute approximate surface area is 149 Å². The number of amides is 1. The van der Waals surface area contributed by atoms with Crippen LogP contribution >= 0.6 is 11.6 Å². The van der Waals surface area contributed by atoms with E-state index >= 15 is 0 Å². The normalized spacial score (nSPS) is 11.5. The van der Waals surface area contributed by atoms with Crippen LogP contribution in [0.4, 0.5) is 18.9 Å². The predicted octanol–water partition coefficient (Wildman–Crippen LogP) is 3.10. The third-order valence-corrected chi connectivity index (χ3v) is 3.82. The molecular weight excluding hydrogens is 373 g/mol. The second kappa shape index (κ2) is 6.75. The maximum Gasteiger partial charge on any atom is 0.418 e. The molecule has 3 aromatic rings. The number of carbonyl (C=O) groups is 1. The minimum atomic E-state index is -4.70. The SMILES string of the molecule is O=C(Cn1nnc2ccccc2c1=O)Nc1c(Cl)cccc1C(F)(F)F. The molecule has 1 N–H and O–H groups in total. The van der Waals surface area contributed by atoms with Crippen molar-refractivity contribution in [3.63, 3.8) is 0 Å². The lowest BCUT2D eigenvalue weighted by molar-refractivity contribution is -0.137. The van der Waals surface area contributed by atoms with Crippen molar-refractivity contribution < 1.29 is 18.0 Å². The molecule has 134 valence electrons. The number of aromatic nitrogens is 3. The Morgan fingerprint density at radius 3 is 2.62 bits per heavy atom. The smallest absolute Gasteiger partial charge is 0.323 e. The Morgan fingerprint density at radius 2 is 1.88 bits per heavy atom. The molecule has 0 radical (unpaired) electrons. The summed E-state index contributed by atoms with van der Waals surface area (Å²) in [7, 11) is 0. The number of carbonyl (C=O) groups excluding carboxylic acids is 1. The quantitative estimate of drug-likeness (QED) is 0.755. The van der Waals surface area contributed by atoms with E-state index in [-0.39, 0.29) is 10.4 Å². The molecule has 0 saturated carbocycles. The van der Waals surface area contributed by atoms with Gasteiger partial charge in [0.15, 0.2) is 0 Å². The van der Waals surface area contributed by atoms with E-state index < -0.39 is 35.4 Å². The van der Waals surface area contributed by atoms with E-state index in [1.54, 1.807) is 18.2 Å². The second-order valence-electron chi connectivity index (χ2n) is 5.28. The number of benzene rings is 2. The first-order valence-corrected chi connectivity index (χ1v) is 7.63. The fourth-order valence-corrected chi connectivity index (χ4v) is 2.55. The van der Waals surface area contributed by atoms with Crippen molar-refractivity contribution in [1.82, 2.24) is 15.0 Å². The lowest BCUT2D eigenvalue weighted by Crippen LogP contribution is -2.31. The van der Waals surface area contributed by atoms with Crippen LogP contribution in [0.25, 0.3) is 10.9 Å². The monoisotopic (exact) mass is 382 g/mol. The van der Waals surface area contributed by atoms with Gasteiger partial charge in [0.1, 0.15) is 12.1 Å². The van der Waals surface area contributed by atoms with E-state index in [9.17, 15) is 22.8 Å². The molecule has 1 amide bonds. The maximum atomic E-state index is 13.1. The molecule has 2 aromatic carbocycles. The van der Waals surface area contributed by atoms with Gasteiger partial charge in [0.05, 0.1) is 21.7 Å². The number of para-hydroxylation sites is 1. The van der Waals surface area contributed by atoms with Gasteiger partial charge in [-0.1, -0.05) is 35.0 Å². The summed E-state index contributed by atoms with van der Waals surface area (Å²) in [6.45, 7) is -0.612. The lowest BCUT2D eigenvalue weighted by atomic mass is 10.1. The molecule has 0 fully saturated rings. The van der Waals surface area contributed by atoms with Gasteiger partial charge >= 0.3 is 6.18 Å². The van der Waals surface area contributed by atoms with E-state index in [0.717, 1.165) is 16.8 Å². The van der Waals surface area contributed by atoms with Crippen molar-refractivity contribution in [2.24, 2.45) is 0 Å². The molecule has 0 spiro atoms. The summed E-state index contributed by atoms with van der Waals surface area (Å²) in [6, 6.07) is 9.51. The average molecular weight is 383 g/mol. The van der Waals surface area contributed by atoms with Gasteiger partial charge in [-0.25, -0.2) is 4.68 Å². The number of nitrogens with zero attached hydrogens (tertiary/aromatic N) is 3. The minimum Gasteiger partial charge on any atom is -0.323 e. The Kier molecular flexibility index (Phi) is 4.64. The van der Waals surface area contributed by atoms with E-state index in [0.29, 0.717) is 5.52 Å². The van der Waals surface area contributed by atoms with Crippen LogP contribution in [0, 0.1) is 0 Å². The number of rotatable bonds is 3. The average Bonchev–Trinajstić information content (AvgIpc) is 2.58. The first-order valence-electron chi connectivity index (χ1n) is 7.25. The Hall–Kier alpha value is -2.94. The van der Waals surface area contributed by atoms with Gasteiger partial charge in [0.25, 0.3) is 5.56 Å². The van der Waals surface area contributed by atoms with Crippen molar-refractivity contribution in [2.45, 2.75) is 12.7 Å². The number of hydrogen-bond donors (Lipinski definition) is 1. The molecule has 0 atom stereocenters. The first-order chi connectivity index (χ1) is 12.3. The zero-order chi connectivity index (χ0) is 18.9. The van der Waals surface area contributed by atoms with Gasteiger partial charge in [-0.3, -0.25) is 9.59 Å². The lowest BCUT2D eigenvalue weighted by Gasteiger charge is -2.15. The highest BCUT2D eigenvalue weighted by molar-refractivity contribution is 6.34. The summed E-state index contributed by atoms with van der Waals surface area (Å²) < 4.78 is 39.9. The molecule has 1 aromatic heterocycles. The number of nitrogens with one attached hydrogen (secondary N) is 1. The van der Waals surface area contributed by atoms with Gasteiger partial charge in [0, 0.05) is 0 Å². The summed E-state index contributed by atoms with van der Waals surface area (Å²) in [5.74, 6) is -0.893. The topological polar surface area (TPSA) is 76.9 Å². The summed E-state index contributed by atoms with van der Waals surface area (Å²) in [5, 5.41) is 9.48. The highest BCUT2D eigenvalue weighted by Gasteiger charge is 2.34. The molecule has 0 unspecified atom stereocenters. The number of halogens is 4. The summed E-state index contributed by atoms with van der Waals surface area (Å²) in [5.41, 5.74) is -1.90. The number of fused-ring (bicyclic) bond motifs is 1. The molecule has 0 aliphatic heterocycles. The molecule has 0 aliphatic carbocycles. The summed E-state index contributed by atoms with van der Waals surface area (Å²) in [4.78, 5) is 24.4. The molecule has 26 heavy (non-hydrogen) atoms. The fourth-order valence-electron chi connectivity index (χ4n) is 2.33. The van der Waals surface area contributed by atoms with Gasteiger partial charge in [-0.15, -0.1) is 5.10 Å². The highest BCUT2D eigenvalue weighted by atomic mass is 35.5. The fraction of sp³-hybridized carbons (Fsp3) is 0.125. The number of alkyl halides is 3. The van der Waals surface area contributed by atoms with Crippen LogP contribution in [0.1, 0.15) is 5.56 Å². The molecule has 1 heterocycles. The zero-order valence-electron chi connectivity index (χ0n) is 12.9. The van der Waals surface area contributed by atoms with Crippen molar-refractivity contribution in [2.75, 3.05) is 5.32 Å². The van der Waals surface area contributed by atoms with Gasteiger partial charge in [-0.2, -0.15) is 13.2 Å². The van der Waals surface area contributed by atoms with Crippen LogP contribution in [0.3, 0.4) is 0 Å². The molecule has 6 nitrogen and oxygen atoms in total. The Morgan fingerprint density at radius 1 is 1.15 bits per heavy atom. The molecule has 0 saturated heterocycles. The van der Waals surface area contributed by atoms with Gasteiger partial charge in [0.2, 0.25) is 5.91 Å². The van der Waals surface area contributed by atoms with E-state index in [2.05, 4.69) is 15.6 Å². The molecular formula is C16H10ClF3N4O2. The molecule has 10 heteroatoms. The van der Waals surface area contributed by atoms with Crippen molar-refractivity contribution in [3.8, 4) is 0 Å². The third-order valence-electron chi connectivity index (χ3n) is 3.51. The number of hydrogen-bond acceptors (Lipinski definition) is 4. The van der Waals surface area contributed by atoms with Crippen LogP contribution < -0.4 is 10.9 Å². The number of anilines is 1. The predicted molar refractivity (Wildman–Crippen MR) is 88.9 cm³/mol. The van der Waals surface area contributed by atoms with Gasteiger partial charge in [-0.05, 0) is 24.3 Å². The second-order valence-corrected chi connectivity index (χ2v) is 5.68. The summed E-state index contributed by atoms with van der Waals surface area (Å²) >= 11 is 5.78. The third kappa shape index (κ3) is 3.52. The molecule has 3 rings (SSSR count). The summed E-state index contributed by atoms with van der Waals surface area (Å²) in [6.07, 6.45) is -4.70. The van der Waals surface area contributed by atoms with Crippen molar-refractivity contribution >= 4 is 34.1 Å². The van der Waals surface area contributed by atoms with Crippen LogP contribution in [-0.4, -0.2) is 20.9 Å². The van der Waals surface area contributed by atoms with Crippen molar-refractivity contribution in [1.29, 1.82) is 0 Å². The van der Waals surface area contributed by atoms with Crippen LogP contribution in [0.15, 0.2) is 47.3 Å². The highest BCUT2D eigenvalue weighted by Crippen LogP contribution is 2.38. The van der Waals surface area contributed by atoms with Crippen LogP contribution in [0.5, 0.6) is 0 Å². The maximum absolute atomic E-state index is 13.1. The van der Waals surface area contributed by atoms with Crippen LogP contribution in [0.2, 0.25) is 5.02 Å². The van der Waals surface area contributed by atoms with Gasteiger partial charge < -0.3 is 5.32 Å². The first kappa shape index (κ1) is 17.9. The zero-order valence-corrected chi connectivity index (χ0v) is 13.7. The largest absolute Gasteiger partial charge is 0.418 e. The van der Waals surface area contributed by atoms with E-state index in [4.69, 9.17) is 11.6 Å². The van der Waals surface area contributed by atoms with Crippen LogP contribution in [-0.2, 0) is 17.5 Å². The Balaban J connectivity index is 1.89. The van der Waals surface area contributed by atoms with E-state index in [1.165, 1.54) is 12.1 Å². The molecule has 0 bridgehead atoms. The minimum absolute atomic E-state index is 0.240. The molecule has 0 aliphatic rings.